The van der Waals surface area contributed by atoms with Crippen molar-refractivity contribution >= 4 is 11.9 Å². The van der Waals surface area contributed by atoms with E-state index in [-0.39, 0.29) is 11.3 Å². The SMILES string of the molecule is C1CC1.C1CC1.COC(=O)c1oc(-c2ccccc2)cc1C(=O)O. The molecule has 2 aliphatic carbocycles. The van der Waals surface area contributed by atoms with E-state index in [2.05, 4.69) is 4.74 Å². The zero-order valence-electron chi connectivity index (χ0n) is 13.8. The second-order valence-corrected chi connectivity index (χ2v) is 5.64. The minimum Gasteiger partial charge on any atom is -0.478 e. The maximum absolute atomic E-state index is 11.4. The van der Waals surface area contributed by atoms with E-state index in [0.717, 1.165) is 0 Å². The number of esters is 1. The second-order valence-electron chi connectivity index (χ2n) is 5.64. The average Bonchev–Trinajstić information content (AvgIpc) is 3.48. The van der Waals surface area contributed by atoms with Gasteiger partial charge >= 0.3 is 11.9 Å². The Balaban J connectivity index is 0.000000288. The van der Waals surface area contributed by atoms with Crippen LogP contribution in [0.25, 0.3) is 11.3 Å². The molecule has 1 aromatic carbocycles. The first-order chi connectivity index (χ1) is 11.6. The molecule has 0 unspecified atom stereocenters. The summed E-state index contributed by atoms with van der Waals surface area (Å²) < 4.78 is 9.74. The normalized spacial score (nSPS) is 13.5. The third kappa shape index (κ3) is 5.91. The van der Waals surface area contributed by atoms with E-state index >= 15 is 0 Å². The van der Waals surface area contributed by atoms with Crippen molar-refractivity contribution in [3.8, 4) is 11.3 Å². The number of ether oxygens (including phenoxy) is 1. The predicted molar refractivity (Wildman–Crippen MR) is 90.1 cm³/mol. The molecule has 2 fully saturated rings. The first-order valence-electron chi connectivity index (χ1n) is 8.14. The largest absolute Gasteiger partial charge is 0.478 e. The molecule has 1 heterocycles. The van der Waals surface area contributed by atoms with Crippen molar-refractivity contribution in [3.63, 3.8) is 0 Å². The zero-order chi connectivity index (χ0) is 17.4. The van der Waals surface area contributed by atoms with Crippen LogP contribution in [0.2, 0.25) is 0 Å². The lowest BCUT2D eigenvalue weighted by atomic mass is 10.1. The molecule has 0 saturated heterocycles. The van der Waals surface area contributed by atoms with Gasteiger partial charge in [0.2, 0.25) is 5.76 Å². The van der Waals surface area contributed by atoms with Crippen LogP contribution in [0.1, 0.15) is 59.4 Å². The smallest absolute Gasteiger partial charge is 0.374 e. The second kappa shape index (κ2) is 8.91. The van der Waals surface area contributed by atoms with Gasteiger partial charge in [0.05, 0.1) is 7.11 Å². The fraction of sp³-hybridized carbons (Fsp3) is 0.368. The average molecular weight is 330 g/mol. The third-order valence-electron chi connectivity index (χ3n) is 3.10. The molecule has 0 bridgehead atoms. The Morgan fingerprint density at radius 1 is 1.00 bits per heavy atom. The Morgan fingerprint density at radius 2 is 1.54 bits per heavy atom. The number of carbonyl (C=O) groups excluding carboxylic acids is 1. The summed E-state index contributed by atoms with van der Waals surface area (Å²) in [6, 6.07) is 10.2. The fourth-order valence-electron chi connectivity index (χ4n) is 1.54. The van der Waals surface area contributed by atoms with Gasteiger partial charge in [0.1, 0.15) is 11.3 Å². The lowest BCUT2D eigenvalue weighted by Gasteiger charge is -1.96. The molecule has 5 nitrogen and oxygen atoms in total. The van der Waals surface area contributed by atoms with Gasteiger partial charge in [-0.15, -0.1) is 0 Å². The van der Waals surface area contributed by atoms with E-state index in [1.54, 1.807) is 24.3 Å². The molecular formula is C19H22O5. The van der Waals surface area contributed by atoms with Crippen molar-refractivity contribution in [3.05, 3.63) is 47.7 Å². The summed E-state index contributed by atoms with van der Waals surface area (Å²) >= 11 is 0. The lowest BCUT2D eigenvalue weighted by Crippen LogP contribution is -2.06. The first-order valence-corrected chi connectivity index (χ1v) is 8.14. The molecule has 2 aliphatic rings. The van der Waals surface area contributed by atoms with E-state index in [9.17, 15) is 9.59 Å². The number of benzene rings is 1. The number of methoxy groups -OCH3 is 1. The van der Waals surface area contributed by atoms with Gasteiger partial charge in [0.15, 0.2) is 0 Å². The van der Waals surface area contributed by atoms with Crippen molar-refractivity contribution in [1.82, 2.24) is 0 Å². The topological polar surface area (TPSA) is 76.7 Å². The molecule has 2 saturated carbocycles. The number of aromatic carboxylic acids is 1. The van der Waals surface area contributed by atoms with Gasteiger partial charge in [0, 0.05) is 5.56 Å². The summed E-state index contributed by atoms with van der Waals surface area (Å²) in [4.78, 5) is 22.4. The summed E-state index contributed by atoms with van der Waals surface area (Å²) in [5, 5.41) is 9.00. The summed E-state index contributed by atoms with van der Waals surface area (Å²) in [6.45, 7) is 0. The van der Waals surface area contributed by atoms with E-state index in [1.165, 1.54) is 51.7 Å². The monoisotopic (exact) mass is 330 g/mol. The number of hydrogen-bond acceptors (Lipinski definition) is 4. The number of carboxylic acids is 1. The highest BCUT2D eigenvalue weighted by molar-refractivity contribution is 6.01. The molecule has 1 aromatic heterocycles. The van der Waals surface area contributed by atoms with Crippen LogP contribution in [0.4, 0.5) is 0 Å². The number of rotatable bonds is 3. The molecule has 2 aromatic rings. The molecule has 1 N–H and O–H groups in total. The van der Waals surface area contributed by atoms with Gasteiger partial charge in [-0.25, -0.2) is 9.59 Å². The van der Waals surface area contributed by atoms with Crippen LogP contribution in [-0.2, 0) is 4.74 Å². The van der Waals surface area contributed by atoms with E-state index in [1.807, 2.05) is 6.07 Å². The van der Waals surface area contributed by atoms with Crippen molar-refractivity contribution in [2.75, 3.05) is 7.11 Å². The van der Waals surface area contributed by atoms with Crippen LogP contribution in [0.3, 0.4) is 0 Å². The third-order valence-corrected chi connectivity index (χ3v) is 3.10. The van der Waals surface area contributed by atoms with Crippen LogP contribution in [0, 0.1) is 0 Å². The summed E-state index contributed by atoms with van der Waals surface area (Å²) in [5.41, 5.74) is 0.482. The summed E-state index contributed by atoms with van der Waals surface area (Å²) in [7, 11) is 1.17. The zero-order valence-corrected chi connectivity index (χ0v) is 13.8. The Bertz CT molecular complexity index is 657. The summed E-state index contributed by atoms with van der Waals surface area (Å²) in [6.07, 6.45) is 9.00. The molecule has 0 atom stereocenters. The molecule has 0 spiro atoms. The van der Waals surface area contributed by atoms with Crippen LogP contribution < -0.4 is 0 Å². The minimum absolute atomic E-state index is 0.208. The first kappa shape index (κ1) is 17.8. The van der Waals surface area contributed by atoms with Crippen molar-refractivity contribution < 1.29 is 23.8 Å². The van der Waals surface area contributed by atoms with Gasteiger partial charge in [-0.1, -0.05) is 68.9 Å². The molecule has 128 valence electrons. The standard InChI is InChI=1S/C13H10O5.2C3H6/c1-17-13(16)11-9(12(14)15)7-10(18-11)8-5-3-2-4-6-8;2*1-2-3-1/h2-7H,1H3,(H,14,15);2*1-3H2. The molecule has 4 rings (SSSR count). The molecule has 24 heavy (non-hydrogen) atoms. The van der Waals surface area contributed by atoms with Gasteiger partial charge in [-0.05, 0) is 6.07 Å². The Kier molecular flexibility index (Phi) is 6.61. The highest BCUT2D eigenvalue weighted by Crippen LogP contribution is 2.26. The number of furan rings is 1. The van der Waals surface area contributed by atoms with Crippen molar-refractivity contribution in [2.24, 2.45) is 0 Å². The summed E-state index contributed by atoms with van der Waals surface area (Å²) in [5.74, 6) is -2.03. The lowest BCUT2D eigenvalue weighted by molar-refractivity contribution is 0.0548. The Morgan fingerprint density at radius 3 is 1.96 bits per heavy atom. The van der Waals surface area contributed by atoms with E-state index in [0.29, 0.717) is 11.3 Å². The predicted octanol–water partition coefficient (Wildman–Crippen LogP) is 4.77. The number of carboxylic acid groups (broad SMARTS) is 1. The maximum Gasteiger partial charge on any atom is 0.374 e. The van der Waals surface area contributed by atoms with Crippen LogP contribution in [-0.4, -0.2) is 24.2 Å². The van der Waals surface area contributed by atoms with Gasteiger partial charge in [-0.3, -0.25) is 0 Å². The van der Waals surface area contributed by atoms with Gasteiger partial charge in [-0.2, -0.15) is 0 Å². The molecule has 5 heteroatoms. The highest BCUT2D eigenvalue weighted by Gasteiger charge is 2.24. The molecule has 0 amide bonds. The quantitative estimate of drug-likeness (QED) is 0.820. The Labute approximate surface area is 141 Å². The van der Waals surface area contributed by atoms with E-state index < -0.39 is 11.9 Å². The number of hydrogen-bond donors (Lipinski definition) is 1. The van der Waals surface area contributed by atoms with Crippen LogP contribution >= 0.6 is 0 Å². The molecular weight excluding hydrogens is 308 g/mol. The van der Waals surface area contributed by atoms with Crippen molar-refractivity contribution in [1.29, 1.82) is 0 Å². The maximum atomic E-state index is 11.4. The Hall–Kier alpha value is -2.56. The van der Waals surface area contributed by atoms with Crippen LogP contribution in [0.5, 0.6) is 0 Å². The highest BCUT2D eigenvalue weighted by atomic mass is 16.5. The van der Waals surface area contributed by atoms with Gasteiger partial charge < -0.3 is 14.3 Å². The number of carbonyl (C=O) groups is 2. The molecule has 0 radical (unpaired) electrons. The van der Waals surface area contributed by atoms with E-state index in [4.69, 9.17) is 9.52 Å². The fourth-order valence-corrected chi connectivity index (χ4v) is 1.54. The van der Waals surface area contributed by atoms with Crippen molar-refractivity contribution in [2.45, 2.75) is 38.5 Å². The van der Waals surface area contributed by atoms with Crippen LogP contribution in [0.15, 0.2) is 40.8 Å². The molecule has 0 aliphatic heterocycles. The van der Waals surface area contributed by atoms with Gasteiger partial charge in [0.25, 0.3) is 0 Å². The minimum atomic E-state index is -1.23.